The van der Waals surface area contributed by atoms with Crippen LogP contribution in [0.15, 0.2) is 55.1 Å². The van der Waals surface area contributed by atoms with Gasteiger partial charge in [0.1, 0.15) is 23.9 Å². The van der Waals surface area contributed by atoms with E-state index in [2.05, 4.69) is 24.6 Å². The number of rotatable bonds is 12. The lowest BCUT2D eigenvalue weighted by Crippen LogP contribution is -2.41. The van der Waals surface area contributed by atoms with Crippen molar-refractivity contribution in [3.63, 3.8) is 0 Å². The van der Waals surface area contributed by atoms with Gasteiger partial charge in [-0.2, -0.15) is 13.5 Å². The fourth-order valence-electron chi connectivity index (χ4n) is 3.21. The fourth-order valence-corrected chi connectivity index (χ4v) is 3.58. The predicted octanol–water partition coefficient (Wildman–Crippen LogP) is 0.290. The smallest absolute Gasteiger partial charge is 0.333 e. The molecule has 3 rings (SSSR count). The van der Waals surface area contributed by atoms with Crippen LogP contribution in [-0.2, 0) is 21.0 Å². The minimum atomic E-state index is -4.20. The van der Waals surface area contributed by atoms with E-state index in [1.807, 2.05) is 30.3 Å². The number of nitrogens with one attached hydrogen (secondary N) is 1. The van der Waals surface area contributed by atoms with E-state index < -0.39 is 40.9 Å². The molecule has 0 unspecified atom stereocenters. The number of nitrogens with two attached hydrogens (primary N) is 1. The molecule has 3 atom stereocenters. The predicted molar refractivity (Wildman–Crippen MR) is 122 cm³/mol. The highest BCUT2D eigenvalue weighted by molar-refractivity contribution is 7.84. The highest BCUT2D eigenvalue weighted by atomic mass is 32.2. The number of nitrogens with zero attached hydrogens (tertiary/aromatic N) is 4. The topological polar surface area (TPSA) is 183 Å². The monoisotopic (exact) mass is 490 g/mol. The summed E-state index contributed by atoms with van der Waals surface area (Å²) in [5, 5.41) is 32.6. The molecule has 0 saturated heterocycles. The molecule has 34 heavy (non-hydrogen) atoms. The Morgan fingerprint density at radius 2 is 1.97 bits per heavy atom. The molecule has 0 aliphatic heterocycles. The molecule has 0 amide bonds. The van der Waals surface area contributed by atoms with Crippen molar-refractivity contribution in [3.05, 3.63) is 71.9 Å². The van der Waals surface area contributed by atoms with Crippen LogP contribution in [0.2, 0.25) is 0 Å². The van der Waals surface area contributed by atoms with Crippen LogP contribution >= 0.6 is 0 Å². The van der Waals surface area contributed by atoms with Crippen LogP contribution in [-0.4, -0.2) is 63.1 Å². The molecule has 2 aromatic heterocycles. The number of hydrogen-bond donors (Lipinski definition) is 4. The van der Waals surface area contributed by atoms with Crippen LogP contribution in [0.25, 0.3) is 0 Å². The van der Waals surface area contributed by atoms with Crippen molar-refractivity contribution in [1.29, 1.82) is 0 Å². The maximum Gasteiger partial charge on any atom is 0.333 e. The minimum Gasteiger partial charge on any atom is -0.388 e. The average molecular weight is 491 g/mol. The Morgan fingerprint density at radius 3 is 2.65 bits per heavy atom. The first-order valence-electron chi connectivity index (χ1n) is 10.4. The Morgan fingerprint density at radius 1 is 1.24 bits per heavy atom. The maximum atomic E-state index is 13.0. The van der Waals surface area contributed by atoms with Gasteiger partial charge in [-0.15, -0.1) is 0 Å². The third kappa shape index (κ3) is 6.88. The van der Waals surface area contributed by atoms with Gasteiger partial charge in [0.25, 0.3) is 0 Å². The SMILES string of the molecule is CC[C@H](COS(N)(=O)=O)[C@@H](O)[C@@H](O)Nc1ncncc1C(=O)c1ccn(Cc2ccccc2)n1. The van der Waals surface area contributed by atoms with Crippen LogP contribution in [0.4, 0.5) is 5.82 Å². The molecule has 0 bridgehead atoms. The minimum absolute atomic E-state index is 0.0219. The lowest BCUT2D eigenvalue weighted by atomic mass is 9.99. The van der Waals surface area contributed by atoms with Crippen LogP contribution in [0.3, 0.4) is 0 Å². The van der Waals surface area contributed by atoms with Gasteiger partial charge in [0, 0.05) is 18.3 Å². The maximum absolute atomic E-state index is 13.0. The third-order valence-electron chi connectivity index (χ3n) is 5.08. The number of carbonyl (C=O) groups excluding carboxylic acids is 1. The summed E-state index contributed by atoms with van der Waals surface area (Å²) in [5.74, 6) is -1.27. The van der Waals surface area contributed by atoms with Crippen LogP contribution in [0.5, 0.6) is 0 Å². The van der Waals surface area contributed by atoms with Crippen molar-refractivity contribution in [2.45, 2.75) is 32.2 Å². The van der Waals surface area contributed by atoms with Crippen LogP contribution in [0.1, 0.15) is 35.0 Å². The molecule has 1 aromatic carbocycles. The van der Waals surface area contributed by atoms with E-state index in [0.717, 1.165) is 5.56 Å². The lowest BCUT2D eigenvalue weighted by Gasteiger charge is -2.26. The molecular weight excluding hydrogens is 464 g/mol. The second-order valence-corrected chi connectivity index (χ2v) is 8.75. The molecule has 12 nitrogen and oxygen atoms in total. The van der Waals surface area contributed by atoms with Crippen LogP contribution in [0, 0.1) is 5.92 Å². The number of aliphatic hydroxyl groups excluding tert-OH is 2. The molecule has 2 heterocycles. The molecule has 13 heteroatoms. The highest BCUT2D eigenvalue weighted by Crippen LogP contribution is 2.19. The summed E-state index contributed by atoms with van der Waals surface area (Å²) in [6.45, 7) is 1.73. The van der Waals surface area contributed by atoms with Gasteiger partial charge in [-0.1, -0.05) is 37.3 Å². The molecule has 5 N–H and O–H groups in total. The van der Waals surface area contributed by atoms with Gasteiger partial charge in [-0.3, -0.25) is 13.7 Å². The number of anilines is 1. The zero-order valence-electron chi connectivity index (χ0n) is 18.4. The van der Waals surface area contributed by atoms with E-state index in [4.69, 9.17) is 5.14 Å². The van der Waals surface area contributed by atoms with Crippen LogP contribution < -0.4 is 10.5 Å². The number of aromatic nitrogens is 4. The standard InChI is InChI=1S/C21H26N6O6S/c1-2-15(12-33-34(22,31)32)18(28)21(30)25-20-16(10-23-13-24-20)19(29)17-8-9-27(26-17)11-14-6-4-3-5-7-14/h3-10,13,15,18,21,28,30H,2,11-12H2,1H3,(H2,22,31,32)(H,23,24,25)/t15-,18-,21-/m1/s1. The van der Waals surface area contributed by atoms with Gasteiger partial charge in [0.15, 0.2) is 6.23 Å². The molecule has 3 aromatic rings. The first-order chi connectivity index (χ1) is 16.2. The Kier molecular flexibility index (Phi) is 8.41. The summed E-state index contributed by atoms with van der Waals surface area (Å²) >= 11 is 0. The molecule has 182 valence electrons. The normalized spacial score (nSPS) is 14.4. The van der Waals surface area contributed by atoms with Gasteiger partial charge in [0.2, 0.25) is 5.78 Å². The number of hydrogen-bond acceptors (Lipinski definition) is 10. The first-order valence-corrected chi connectivity index (χ1v) is 11.9. The molecule has 0 aliphatic rings. The summed E-state index contributed by atoms with van der Waals surface area (Å²) in [6.07, 6.45) is 1.36. The number of carbonyl (C=O) groups is 1. The lowest BCUT2D eigenvalue weighted by molar-refractivity contribution is -0.0163. The van der Waals surface area contributed by atoms with E-state index in [1.165, 1.54) is 12.5 Å². The molecule has 0 saturated carbocycles. The second kappa shape index (κ2) is 11.3. The second-order valence-electron chi connectivity index (χ2n) is 7.52. The molecule has 0 spiro atoms. The largest absolute Gasteiger partial charge is 0.388 e. The van der Waals surface area contributed by atoms with E-state index in [1.54, 1.807) is 23.9 Å². The Hall–Kier alpha value is -3.23. The van der Waals surface area contributed by atoms with Crippen molar-refractivity contribution >= 4 is 21.9 Å². The molecule has 0 fully saturated rings. The van der Waals surface area contributed by atoms with Gasteiger partial charge in [-0.05, 0) is 18.1 Å². The summed E-state index contributed by atoms with van der Waals surface area (Å²) in [6, 6.07) is 11.2. The zero-order chi connectivity index (χ0) is 24.7. The fraction of sp³-hybridized carbons (Fsp3) is 0.333. The van der Waals surface area contributed by atoms with Crippen molar-refractivity contribution in [2.24, 2.45) is 11.1 Å². The number of benzene rings is 1. The van der Waals surface area contributed by atoms with Gasteiger partial charge >= 0.3 is 10.3 Å². The Bertz CT molecular complexity index is 1200. The molecular formula is C21H26N6O6S. The van der Waals surface area contributed by atoms with E-state index in [9.17, 15) is 23.4 Å². The van der Waals surface area contributed by atoms with Crippen molar-refractivity contribution in [2.75, 3.05) is 11.9 Å². The van der Waals surface area contributed by atoms with E-state index in [-0.39, 0.29) is 23.5 Å². The Balaban J connectivity index is 1.72. The third-order valence-corrected chi connectivity index (χ3v) is 5.54. The summed E-state index contributed by atoms with van der Waals surface area (Å²) < 4.78 is 28.2. The first kappa shape index (κ1) is 25.4. The van der Waals surface area contributed by atoms with E-state index in [0.29, 0.717) is 6.54 Å². The number of ketones is 1. The van der Waals surface area contributed by atoms with Crippen molar-refractivity contribution < 1.29 is 27.6 Å². The van der Waals surface area contributed by atoms with Crippen molar-refractivity contribution in [1.82, 2.24) is 19.7 Å². The summed E-state index contributed by atoms with van der Waals surface area (Å²) in [5.41, 5.74) is 1.20. The molecule has 0 radical (unpaired) electrons. The van der Waals surface area contributed by atoms with Gasteiger partial charge < -0.3 is 15.5 Å². The van der Waals surface area contributed by atoms with Crippen molar-refractivity contribution in [3.8, 4) is 0 Å². The average Bonchev–Trinajstić information content (AvgIpc) is 3.27. The summed E-state index contributed by atoms with van der Waals surface area (Å²) in [4.78, 5) is 20.9. The summed E-state index contributed by atoms with van der Waals surface area (Å²) in [7, 11) is -4.20. The zero-order valence-corrected chi connectivity index (χ0v) is 19.2. The van der Waals surface area contributed by atoms with Gasteiger partial charge in [0.05, 0.1) is 18.7 Å². The Labute approximate surface area is 196 Å². The quantitative estimate of drug-likeness (QED) is 0.203. The van der Waals surface area contributed by atoms with Gasteiger partial charge in [-0.25, -0.2) is 15.1 Å². The number of aliphatic hydroxyl groups is 2. The highest BCUT2D eigenvalue weighted by Gasteiger charge is 2.28. The molecule has 0 aliphatic carbocycles. The van der Waals surface area contributed by atoms with E-state index >= 15 is 0 Å².